The SMILES string of the molecule is O=C(/C=C/c1ccc(SC(F)(F)F)cc1)NNC(=O)c1ccccc1Cl. The zero-order valence-corrected chi connectivity index (χ0v) is 14.6. The Morgan fingerprint density at radius 3 is 2.27 bits per heavy atom. The van der Waals surface area contributed by atoms with Gasteiger partial charge in [0.1, 0.15) is 0 Å². The summed E-state index contributed by atoms with van der Waals surface area (Å²) in [5.74, 6) is -1.19. The maximum Gasteiger partial charge on any atom is 0.446 e. The van der Waals surface area contributed by atoms with E-state index in [2.05, 4.69) is 10.9 Å². The second-order valence-corrected chi connectivity index (χ2v) is 6.42. The summed E-state index contributed by atoms with van der Waals surface area (Å²) in [6.07, 6.45) is 2.54. The topological polar surface area (TPSA) is 58.2 Å². The van der Waals surface area contributed by atoms with Gasteiger partial charge >= 0.3 is 5.51 Å². The standard InChI is InChI=1S/C17H12ClF3N2O2S/c18-14-4-2-1-3-13(14)16(25)23-22-15(24)10-7-11-5-8-12(9-6-11)26-17(19,20)21/h1-10H,(H,22,24)(H,23,25)/b10-7+. The molecule has 0 radical (unpaired) electrons. The Labute approximate surface area is 156 Å². The first-order valence-electron chi connectivity index (χ1n) is 7.13. The summed E-state index contributed by atoms with van der Waals surface area (Å²) < 4.78 is 36.7. The van der Waals surface area contributed by atoms with Crippen molar-refractivity contribution in [2.45, 2.75) is 10.4 Å². The zero-order valence-electron chi connectivity index (χ0n) is 13.0. The van der Waals surface area contributed by atoms with Crippen molar-refractivity contribution < 1.29 is 22.8 Å². The fourth-order valence-corrected chi connectivity index (χ4v) is 2.59. The highest BCUT2D eigenvalue weighted by Crippen LogP contribution is 2.36. The number of hydrogen-bond acceptors (Lipinski definition) is 3. The summed E-state index contributed by atoms with van der Waals surface area (Å²) in [6.45, 7) is 0. The highest BCUT2D eigenvalue weighted by Gasteiger charge is 2.28. The molecule has 0 aliphatic rings. The molecule has 4 nitrogen and oxygen atoms in total. The fourth-order valence-electron chi connectivity index (χ4n) is 1.83. The monoisotopic (exact) mass is 400 g/mol. The van der Waals surface area contributed by atoms with Crippen LogP contribution in [-0.4, -0.2) is 17.3 Å². The summed E-state index contributed by atoms with van der Waals surface area (Å²) >= 11 is 5.65. The van der Waals surface area contributed by atoms with Crippen LogP contribution < -0.4 is 10.9 Å². The predicted molar refractivity (Wildman–Crippen MR) is 94.4 cm³/mol. The van der Waals surface area contributed by atoms with E-state index in [1.54, 1.807) is 18.2 Å². The van der Waals surface area contributed by atoms with Crippen molar-refractivity contribution in [2.24, 2.45) is 0 Å². The number of rotatable bonds is 4. The third-order valence-electron chi connectivity index (χ3n) is 2.96. The molecule has 0 spiro atoms. The van der Waals surface area contributed by atoms with Gasteiger partial charge in [0.25, 0.3) is 11.8 Å². The number of alkyl halides is 3. The third kappa shape index (κ3) is 6.45. The number of amides is 2. The highest BCUT2D eigenvalue weighted by molar-refractivity contribution is 8.00. The number of benzene rings is 2. The van der Waals surface area contributed by atoms with Crippen LogP contribution in [0.4, 0.5) is 13.2 Å². The molecule has 0 heterocycles. The van der Waals surface area contributed by atoms with Crippen LogP contribution in [-0.2, 0) is 4.79 Å². The molecule has 2 aromatic carbocycles. The molecular formula is C17H12ClF3N2O2S. The summed E-state index contributed by atoms with van der Waals surface area (Å²) in [5.41, 5.74) is 0.779. The van der Waals surface area contributed by atoms with Crippen LogP contribution in [0, 0.1) is 0 Å². The van der Waals surface area contributed by atoms with Crippen molar-refractivity contribution in [3.63, 3.8) is 0 Å². The lowest BCUT2D eigenvalue weighted by atomic mass is 10.2. The maximum atomic E-state index is 12.2. The van der Waals surface area contributed by atoms with E-state index < -0.39 is 17.3 Å². The minimum absolute atomic E-state index is 0.0473. The summed E-state index contributed by atoms with van der Waals surface area (Å²) in [6, 6.07) is 11.8. The summed E-state index contributed by atoms with van der Waals surface area (Å²) in [5, 5.41) is 0.242. The van der Waals surface area contributed by atoms with Gasteiger partial charge in [-0.15, -0.1) is 0 Å². The van der Waals surface area contributed by atoms with Crippen molar-refractivity contribution in [2.75, 3.05) is 0 Å². The van der Waals surface area contributed by atoms with Gasteiger partial charge in [-0.1, -0.05) is 35.9 Å². The Hall–Kier alpha value is -2.45. The van der Waals surface area contributed by atoms with Crippen LogP contribution in [0.25, 0.3) is 6.08 Å². The second-order valence-electron chi connectivity index (χ2n) is 4.87. The van der Waals surface area contributed by atoms with E-state index in [1.165, 1.54) is 36.4 Å². The Morgan fingerprint density at radius 2 is 1.65 bits per heavy atom. The van der Waals surface area contributed by atoms with Crippen molar-refractivity contribution in [3.05, 3.63) is 70.8 Å². The number of hydrogen-bond donors (Lipinski definition) is 2. The van der Waals surface area contributed by atoms with Gasteiger partial charge in [-0.2, -0.15) is 13.2 Å². The average molecular weight is 401 g/mol. The fraction of sp³-hybridized carbons (Fsp3) is 0.0588. The summed E-state index contributed by atoms with van der Waals surface area (Å²) in [4.78, 5) is 23.6. The molecule has 0 saturated carbocycles. The lowest BCUT2D eigenvalue weighted by Gasteiger charge is -2.06. The van der Waals surface area contributed by atoms with E-state index in [9.17, 15) is 22.8 Å². The molecule has 0 aromatic heterocycles. The van der Waals surface area contributed by atoms with Gasteiger partial charge < -0.3 is 0 Å². The summed E-state index contributed by atoms with van der Waals surface area (Å²) in [7, 11) is 0. The largest absolute Gasteiger partial charge is 0.446 e. The first-order valence-corrected chi connectivity index (χ1v) is 8.33. The van der Waals surface area contributed by atoms with Crippen molar-refractivity contribution in [3.8, 4) is 0 Å². The molecule has 0 saturated heterocycles. The number of hydrazine groups is 1. The quantitative estimate of drug-likeness (QED) is 0.453. The van der Waals surface area contributed by atoms with Crippen LogP contribution in [0.5, 0.6) is 0 Å². The van der Waals surface area contributed by atoms with E-state index in [1.807, 2.05) is 0 Å². The molecule has 26 heavy (non-hydrogen) atoms. The first kappa shape index (κ1) is 19.9. The Kier molecular flexibility index (Phi) is 6.70. The van der Waals surface area contributed by atoms with Gasteiger partial charge in [-0.25, -0.2) is 0 Å². The molecule has 0 bridgehead atoms. The minimum Gasteiger partial charge on any atom is -0.268 e. The molecular weight excluding hydrogens is 389 g/mol. The molecule has 136 valence electrons. The average Bonchev–Trinajstić information content (AvgIpc) is 2.58. The molecule has 0 aliphatic heterocycles. The van der Waals surface area contributed by atoms with Gasteiger partial charge in [0, 0.05) is 11.0 Å². The van der Waals surface area contributed by atoms with Crippen LogP contribution >= 0.6 is 23.4 Å². The lowest BCUT2D eigenvalue weighted by molar-refractivity contribution is -0.117. The van der Waals surface area contributed by atoms with Gasteiger partial charge in [0.05, 0.1) is 10.6 Å². The van der Waals surface area contributed by atoms with E-state index in [-0.39, 0.29) is 27.2 Å². The van der Waals surface area contributed by atoms with Gasteiger partial charge in [-0.3, -0.25) is 20.4 Å². The van der Waals surface area contributed by atoms with E-state index in [0.717, 1.165) is 6.08 Å². The highest BCUT2D eigenvalue weighted by atomic mass is 35.5. The smallest absolute Gasteiger partial charge is 0.268 e. The van der Waals surface area contributed by atoms with Crippen LogP contribution in [0.1, 0.15) is 15.9 Å². The number of thioether (sulfide) groups is 1. The molecule has 2 aromatic rings. The number of carbonyl (C=O) groups is 2. The van der Waals surface area contributed by atoms with E-state index in [4.69, 9.17) is 11.6 Å². The van der Waals surface area contributed by atoms with E-state index in [0.29, 0.717) is 5.56 Å². The normalized spacial score (nSPS) is 11.4. The van der Waals surface area contributed by atoms with Crippen LogP contribution in [0.2, 0.25) is 5.02 Å². The molecule has 0 unspecified atom stereocenters. The second kappa shape index (κ2) is 8.77. The molecule has 9 heteroatoms. The molecule has 2 N–H and O–H groups in total. The minimum atomic E-state index is -4.35. The zero-order chi connectivity index (χ0) is 19.2. The van der Waals surface area contributed by atoms with Crippen molar-refractivity contribution in [1.82, 2.24) is 10.9 Å². The van der Waals surface area contributed by atoms with Crippen LogP contribution in [0.15, 0.2) is 59.5 Å². The van der Waals surface area contributed by atoms with Crippen molar-refractivity contribution in [1.29, 1.82) is 0 Å². The number of halogens is 4. The Balaban J connectivity index is 1.87. The number of carbonyl (C=O) groups excluding carboxylic acids is 2. The third-order valence-corrected chi connectivity index (χ3v) is 4.03. The van der Waals surface area contributed by atoms with Crippen molar-refractivity contribution >= 4 is 41.3 Å². The molecule has 2 rings (SSSR count). The van der Waals surface area contributed by atoms with E-state index >= 15 is 0 Å². The first-order chi connectivity index (χ1) is 12.2. The molecule has 0 atom stereocenters. The molecule has 0 aliphatic carbocycles. The maximum absolute atomic E-state index is 12.2. The van der Waals surface area contributed by atoms with Gasteiger partial charge in [0.15, 0.2) is 0 Å². The Morgan fingerprint density at radius 1 is 1.00 bits per heavy atom. The molecule has 0 fully saturated rings. The predicted octanol–water partition coefficient (Wildman–Crippen LogP) is 4.43. The number of nitrogens with one attached hydrogen (secondary N) is 2. The van der Waals surface area contributed by atoms with Gasteiger partial charge in [-0.05, 0) is 47.7 Å². The Bertz CT molecular complexity index is 824. The van der Waals surface area contributed by atoms with Crippen LogP contribution in [0.3, 0.4) is 0 Å². The molecule has 2 amide bonds. The lowest BCUT2D eigenvalue weighted by Crippen LogP contribution is -2.40. The van der Waals surface area contributed by atoms with Gasteiger partial charge in [0.2, 0.25) is 0 Å².